The number of rotatable bonds is 2. The van der Waals surface area contributed by atoms with Crippen LogP contribution in [0, 0.1) is 23.3 Å². The zero-order valence-corrected chi connectivity index (χ0v) is 11.0. The maximum absolute atomic E-state index is 13.1. The second-order valence-electron chi connectivity index (χ2n) is 3.00. The maximum atomic E-state index is 13.1. The summed E-state index contributed by atoms with van der Waals surface area (Å²) in [5, 5.41) is 0. The number of hydrogen-bond acceptors (Lipinski definition) is 0. The van der Waals surface area contributed by atoms with Crippen molar-refractivity contribution in [1.29, 1.82) is 0 Å². The molecule has 0 amide bonds. The first-order chi connectivity index (χ1) is 7.89. The molecule has 0 spiro atoms. The van der Waals surface area contributed by atoms with Gasteiger partial charge >= 0.3 is 9.66 Å². The van der Waals surface area contributed by atoms with Gasteiger partial charge in [0, 0.05) is 0 Å². The van der Waals surface area contributed by atoms with Crippen LogP contribution < -0.4 is 0 Å². The Kier molecular flexibility index (Phi) is 4.03. The van der Waals surface area contributed by atoms with E-state index in [-0.39, 0.29) is 0 Å². The van der Waals surface area contributed by atoms with E-state index in [0.29, 0.717) is 0 Å². The largest absolute Gasteiger partial charge is 0.330 e. The van der Waals surface area contributed by atoms with Gasteiger partial charge < -0.3 is 0 Å². The van der Waals surface area contributed by atoms with Crippen LogP contribution in [0.25, 0.3) is 0 Å². The van der Waals surface area contributed by atoms with Crippen LogP contribution in [-0.4, -0.2) is 0 Å². The van der Waals surface area contributed by atoms with E-state index in [1.165, 1.54) is 31.9 Å². The number of halogens is 10. The topological polar surface area (TPSA) is 0 Å². The van der Waals surface area contributed by atoms with E-state index >= 15 is 0 Å². The molecule has 0 aliphatic rings. The van der Waals surface area contributed by atoms with Crippen molar-refractivity contribution < 1.29 is 35.1 Å². The quantitative estimate of drug-likeness (QED) is 0.276. The molecule has 0 aliphatic carbocycles. The van der Waals surface area contributed by atoms with Gasteiger partial charge in [-0.15, -0.1) is 0 Å². The fraction of sp³-hybridized carbons (Fsp3) is 0.250. The van der Waals surface area contributed by atoms with E-state index in [2.05, 4.69) is 0 Å². The van der Waals surface area contributed by atoms with Gasteiger partial charge in [-0.05, 0) is 31.9 Å². The molecule has 0 bridgehead atoms. The number of alkyl halides is 6. The first kappa shape index (κ1) is 15.7. The van der Waals surface area contributed by atoms with Crippen LogP contribution in [-0.2, 0) is 9.66 Å². The molecule has 0 heterocycles. The van der Waals surface area contributed by atoms with Crippen molar-refractivity contribution in [3.8, 4) is 0 Å². The summed E-state index contributed by atoms with van der Waals surface area (Å²) >= 11 is 2.98. The van der Waals surface area contributed by atoms with Crippen molar-refractivity contribution in [2.24, 2.45) is 0 Å². The zero-order valence-electron chi connectivity index (χ0n) is 7.78. The molecule has 0 N–H and O–H groups in total. The molecule has 0 unspecified atom stereocenters. The van der Waals surface area contributed by atoms with Crippen molar-refractivity contribution in [2.45, 2.75) is 9.66 Å². The molecule has 0 saturated heterocycles. The van der Waals surface area contributed by atoms with Crippen LogP contribution in [0.1, 0.15) is 11.1 Å². The van der Waals surface area contributed by atoms with Crippen LogP contribution in [0.15, 0.2) is 0 Å². The average Bonchev–Trinajstić information content (AvgIpc) is 2.16. The van der Waals surface area contributed by atoms with E-state index in [9.17, 15) is 35.1 Å². The van der Waals surface area contributed by atoms with Crippen molar-refractivity contribution >= 4 is 31.9 Å². The van der Waals surface area contributed by atoms with E-state index in [1.807, 2.05) is 0 Å². The molecule has 10 heteroatoms. The van der Waals surface area contributed by atoms with Crippen LogP contribution >= 0.6 is 31.9 Å². The van der Waals surface area contributed by atoms with Crippen molar-refractivity contribution in [3.05, 3.63) is 34.4 Å². The molecule has 0 fully saturated rings. The summed E-state index contributed by atoms with van der Waals surface area (Å²) in [6.07, 6.45) is 0. The highest BCUT2D eigenvalue weighted by molar-refractivity contribution is 9.09. The molecule has 1 rings (SSSR count). The van der Waals surface area contributed by atoms with Gasteiger partial charge in [-0.1, -0.05) is 0 Å². The molecule has 0 atom stereocenters. The molecular formula is C8Br2F8. The van der Waals surface area contributed by atoms with E-state index in [1.54, 1.807) is 0 Å². The van der Waals surface area contributed by atoms with E-state index in [0.717, 1.165) is 0 Å². The molecule has 1 aromatic carbocycles. The van der Waals surface area contributed by atoms with Gasteiger partial charge in [-0.25, -0.2) is 17.6 Å². The lowest BCUT2D eigenvalue weighted by Crippen LogP contribution is -2.21. The lowest BCUT2D eigenvalue weighted by molar-refractivity contribution is 0.0771. The van der Waals surface area contributed by atoms with Gasteiger partial charge in [0.15, 0.2) is 23.3 Å². The highest BCUT2D eigenvalue weighted by Crippen LogP contribution is 2.48. The van der Waals surface area contributed by atoms with Gasteiger partial charge in [0.25, 0.3) is 0 Å². The monoisotopic (exact) mass is 406 g/mol. The highest BCUT2D eigenvalue weighted by atomic mass is 79.9. The van der Waals surface area contributed by atoms with Gasteiger partial charge in [0.2, 0.25) is 0 Å². The molecule has 18 heavy (non-hydrogen) atoms. The van der Waals surface area contributed by atoms with Crippen molar-refractivity contribution in [1.82, 2.24) is 0 Å². The van der Waals surface area contributed by atoms with E-state index in [4.69, 9.17) is 0 Å². The van der Waals surface area contributed by atoms with Gasteiger partial charge in [0.1, 0.15) is 0 Å². The second-order valence-corrected chi connectivity index (χ2v) is 4.99. The molecule has 0 radical (unpaired) electrons. The van der Waals surface area contributed by atoms with Crippen molar-refractivity contribution in [2.75, 3.05) is 0 Å². The standard InChI is InChI=1S/C8Br2F8/c9-7(15,16)1-2(8(10,17)18)4(12)6(14)5(13)3(1)11. The minimum Gasteiger partial charge on any atom is -0.203 e. The Hall–Kier alpha value is -0.380. The first-order valence-electron chi connectivity index (χ1n) is 3.89. The average molecular weight is 408 g/mol. The predicted molar refractivity (Wildman–Crippen MR) is 51.9 cm³/mol. The zero-order chi connectivity index (χ0) is 14.5. The van der Waals surface area contributed by atoms with Crippen LogP contribution in [0.3, 0.4) is 0 Å². The van der Waals surface area contributed by atoms with Gasteiger partial charge in [-0.2, -0.15) is 17.6 Å². The first-order valence-corrected chi connectivity index (χ1v) is 5.48. The van der Waals surface area contributed by atoms with Crippen LogP contribution in [0.4, 0.5) is 35.1 Å². The predicted octanol–water partition coefficient (Wildman–Crippen LogP) is 5.13. The third-order valence-corrected chi connectivity index (χ3v) is 2.63. The SMILES string of the molecule is Fc1c(F)c(F)c(C(F)(F)Br)c(C(F)(F)Br)c1F. The summed E-state index contributed by atoms with van der Waals surface area (Å²) in [5.41, 5.74) is -4.64. The molecule has 1 aromatic rings. The molecule has 0 saturated carbocycles. The Morgan fingerprint density at radius 1 is 0.556 bits per heavy atom. The molecule has 0 aliphatic heterocycles. The Morgan fingerprint density at radius 2 is 0.778 bits per heavy atom. The van der Waals surface area contributed by atoms with Crippen molar-refractivity contribution in [3.63, 3.8) is 0 Å². The Morgan fingerprint density at radius 3 is 0.944 bits per heavy atom. The molecular weight excluding hydrogens is 408 g/mol. The normalized spacial score (nSPS) is 13.0. The third-order valence-electron chi connectivity index (χ3n) is 1.83. The summed E-state index contributed by atoms with van der Waals surface area (Å²) in [7, 11) is 0. The summed E-state index contributed by atoms with van der Waals surface area (Å²) in [5.74, 6) is -10.4. The Labute approximate surface area is 111 Å². The van der Waals surface area contributed by atoms with Gasteiger partial charge in [0.05, 0.1) is 11.1 Å². The third kappa shape index (κ3) is 2.63. The highest BCUT2D eigenvalue weighted by Gasteiger charge is 2.47. The summed E-state index contributed by atoms with van der Waals surface area (Å²) in [4.78, 5) is -9.03. The van der Waals surface area contributed by atoms with Crippen LogP contribution in [0.2, 0.25) is 0 Å². The lowest BCUT2D eigenvalue weighted by Gasteiger charge is -2.20. The molecule has 0 aromatic heterocycles. The minimum atomic E-state index is -4.51. The Bertz CT molecular complexity index is 443. The Balaban J connectivity index is 3.89. The molecule has 0 nitrogen and oxygen atoms in total. The van der Waals surface area contributed by atoms with Crippen LogP contribution in [0.5, 0.6) is 0 Å². The summed E-state index contributed by atoms with van der Waals surface area (Å²) < 4.78 is 103. The fourth-order valence-electron chi connectivity index (χ4n) is 1.16. The number of hydrogen-bond donors (Lipinski definition) is 0. The molecule has 102 valence electrons. The summed E-state index contributed by atoms with van der Waals surface area (Å²) in [6.45, 7) is 0. The number of benzene rings is 1. The maximum Gasteiger partial charge on any atom is 0.330 e. The smallest absolute Gasteiger partial charge is 0.203 e. The fourth-order valence-corrected chi connectivity index (χ4v) is 1.91. The minimum absolute atomic E-state index is 1.49. The van der Waals surface area contributed by atoms with E-state index < -0.39 is 44.1 Å². The lowest BCUT2D eigenvalue weighted by atomic mass is 10.1. The summed E-state index contributed by atoms with van der Waals surface area (Å²) in [6, 6.07) is 0. The van der Waals surface area contributed by atoms with Gasteiger partial charge in [-0.3, -0.25) is 0 Å². The second kappa shape index (κ2) is 4.62.